The Hall–Kier alpha value is -3.09. The number of carbonyl (C=O) groups excluding carboxylic acids is 1. The van der Waals surface area contributed by atoms with Crippen LogP contribution >= 0.6 is 0 Å². The monoisotopic (exact) mass is 381 g/mol. The van der Waals surface area contributed by atoms with Gasteiger partial charge in [-0.3, -0.25) is 4.79 Å². The normalized spacial score (nSPS) is 15.5. The molecule has 2 aromatic rings. The van der Waals surface area contributed by atoms with E-state index in [9.17, 15) is 4.79 Å². The molecule has 1 aromatic heterocycles. The molecule has 0 aliphatic carbocycles. The molecule has 0 radical (unpaired) electrons. The van der Waals surface area contributed by atoms with Gasteiger partial charge in [-0.25, -0.2) is 9.98 Å². The second-order valence-corrected chi connectivity index (χ2v) is 6.72. The summed E-state index contributed by atoms with van der Waals surface area (Å²) in [7, 11) is 0. The SMILES string of the molecule is CCNC(=NCC1Cc2ccccc2O1)NCCC(=O)Nc1ccc(C)cn1. The second kappa shape index (κ2) is 9.73. The summed E-state index contributed by atoms with van der Waals surface area (Å²) >= 11 is 0. The molecule has 1 amide bonds. The van der Waals surface area contributed by atoms with Gasteiger partial charge in [-0.05, 0) is 37.1 Å². The summed E-state index contributed by atoms with van der Waals surface area (Å²) in [4.78, 5) is 20.8. The molecule has 0 fully saturated rings. The molecule has 0 saturated heterocycles. The number of rotatable bonds is 7. The molecule has 3 N–H and O–H groups in total. The van der Waals surface area contributed by atoms with Gasteiger partial charge >= 0.3 is 0 Å². The van der Waals surface area contributed by atoms with Crippen molar-refractivity contribution in [2.24, 2.45) is 4.99 Å². The molecule has 0 spiro atoms. The molecule has 0 bridgehead atoms. The summed E-state index contributed by atoms with van der Waals surface area (Å²) in [5.74, 6) is 2.11. The number of hydrogen-bond donors (Lipinski definition) is 3. The van der Waals surface area contributed by atoms with Crippen molar-refractivity contribution in [3.8, 4) is 5.75 Å². The lowest BCUT2D eigenvalue weighted by Crippen LogP contribution is -2.39. The molecule has 2 heterocycles. The van der Waals surface area contributed by atoms with Crippen LogP contribution in [0.1, 0.15) is 24.5 Å². The molecular formula is C21H27N5O2. The number of guanidine groups is 1. The van der Waals surface area contributed by atoms with Crippen LogP contribution in [-0.4, -0.2) is 42.6 Å². The molecule has 1 aliphatic rings. The molecule has 148 valence electrons. The lowest BCUT2D eigenvalue weighted by Gasteiger charge is -2.13. The number of hydrogen-bond acceptors (Lipinski definition) is 4. The van der Waals surface area contributed by atoms with Crippen molar-refractivity contribution in [2.75, 3.05) is 25.0 Å². The van der Waals surface area contributed by atoms with E-state index in [1.807, 2.05) is 38.1 Å². The number of nitrogens with zero attached hydrogens (tertiary/aromatic N) is 2. The topological polar surface area (TPSA) is 87.6 Å². The van der Waals surface area contributed by atoms with E-state index in [-0.39, 0.29) is 12.0 Å². The number of fused-ring (bicyclic) bond motifs is 1. The van der Waals surface area contributed by atoms with Gasteiger partial charge in [0.1, 0.15) is 17.7 Å². The Labute approximate surface area is 165 Å². The van der Waals surface area contributed by atoms with Crippen LogP contribution < -0.4 is 20.7 Å². The van der Waals surface area contributed by atoms with Crippen LogP contribution in [0.3, 0.4) is 0 Å². The minimum atomic E-state index is -0.0886. The van der Waals surface area contributed by atoms with Gasteiger partial charge in [0, 0.05) is 32.1 Å². The number of benzene rings is 1. The summed E-state index contributed by atoms with van der Waals surface area (Å²) in [5, 5.41) is 9.18. The lowest BCUT2D eigenvalue weighted by molar-refractivity contribution is -0.116. The van der Waals surface area contributed by atoms with Crippen LogP contribution in [-0.2, 0) is 11.2 Å². The van der Waals surface area contributed by atoms with E-state index in [0.717, 1.165) is 24.3 Å². The standard InChI is InChI=1S/C21H27N5O2/c1-3-22-21(25-14-17-12-16-6-4-5-7-18(16)28-17)23-11-10-20(27)26-19-9-8-15(2)13-24-19/h4-9,13,17H,3,10-12,14H2,1-2H3,(H2,22,23,25)(H,24,26,27). The third kappa shape index (κ3) is 5.70. The average Bonchev–Trinajstić information content (AvgIpc) is 3.11. The first-order valence-electron chi connectivity index (χ1n) is 9.63. The fourth-order valence-electron chi connectivity index (χ4n) is 2.93. The zero-order chi connectivity index (χ0) is 19.8. The summed E-state index contributed by atoms with van der Waals surface area (Å²) in [6.45, 7) is 5.75. The highest BCUT2D eigenvalue weighted by Crippen LogP contribution is 2.28. The number of para-hydroxylation sites is 1. The van der Waals surface area contributed by atoms with E-state index in [1.54, 1.807) is 12.3 Å². The number of nitrogens with one attached hydrogen (secondary N) is 3. The van der Waals surface area contributed by atoms with Gasteiger partial charge in [-0.2, -0.15) is 0 Å². The molecule has 3 rings (SSSR count). The fraction of sp³-hybridized carbons (Fsp3) is 0.381. The van der Waals surface area contributed by atoms with Gasteiger partial charge in [0.25, 0.3) is 0 Å². The highest BCUT2D eigenvalue weighted by atomic mass is 16.5. The zero-order valence-electron chi connectivity index (χ0n) is 16.4. The third-order valence-electron chi connectivity index (χ3n) is 4.33. The summed E-state index contributed by atoms with van der Waals surface area (Å²) in [5.41, 5.74) is 2.28. The summed E-state index contributed by atoms with van der Waals surface area (Å²) in [6, 6.07) is 11.8. The predicted octanol–water partition coefficient (Wildman–Crippen LogP) is 2.28. The van der Waals surface area contributed by atoms with Gasteiger partial charge in [-0.1, -0.05) is 24.3 Å². The number of ether oxygens (including phenoxy) is 1. The predicted molar refractivity (Wildman–Crippen MR) is 111 cm³/mol. The van der Waals surface area contributed by atoms with Crippen LogP contribution in [0.4, 0.5) is 5.82 Å². The van der Waals surface area contributed by atoms with Crippen molar-refractivity contribution in [1.29, 1.82) is 0 Å². The van der Waals surface area contributed by atoms with Crippen molar-refractivity contribution in [3.05, 3.63) is 53.7 Å². The largest absolute Gasteiger partial charge is 0.488 e. The third-order valence-corrected chi connectivity index (χ3v) is 4.33. The van der Waals surface area contributed by atoms with E-state index in [4.69, 9.17) is 4.74 Å². The molecule has 1 aromatic carbocycles. The van der Waals surface area contributed by atoms with E-state index in [2.05, 4.69) is 32.0 Å². The molecule has 1 aliphatic heterocycles. The first kappa shape index (κ1) is 19.7. The van der Waals surface area contributed by atoms with Crippen molar-refractivity contribution in [2.45, 2.75) is 32.8 Å². The van der Waals surface area contributed by atoms with E-state index in [1.165, 1.54) is 5.56 Å². The van der Waals surface area contributed by atoms with E-state index >= 15 is 0 Å². The zero-order valence-corrected chi connectivity index (χ0v) is 16.4. The van der Waals surface area contributed by atoms with Crippen molar-refractivity contribution in [1.82, 2.24) is 15.6 Å². The Morgan fingerprint density at radius 1 is 1.25 bits per heavy atom. The van der Waals surface area contributed by atoms with Crippen LogP contribution in [0.2, 0.25) is 0 Å². The number of anilines is 1. The number of aliphatic imine (C=N–C) groups is 1. The Morgan fingerprint density at radius 3 is 2.86 bits per heavy atom. The van der Waals surface area contributed by atoms with Crippen LogP contribution in [0.25, 0.3) is 0 Å². The maximum absolute atomic E-state index is 12.1. The fourth-order valence-corrected chi connectivity index (χ4v) is 2.93. The smallest absolute Gasteiger partial charge is 0.227 e. The maximum Gasteiger partial charge on any atom is 0.227 e. The van der Waals surface area contributed by atoms with Crippen molar-refractivity contribution in [3.63, 3.8) is 0 Å². The number of carbonyl (C=O) groups is 1. The Morgan fingerprint density at radius 2 is 2.11 bits per heavy atom. The number of amides is 1. The molecule has 0 saturated carbocycles. The minimum Gasteiger partial charge on any atom is -0.488 e. The lowest BCUT2D eigenvalue weighted by atomic mass is 10.1. The average molecular weight is 381 g/mol. The molecule has 7 heteroatoms. The first-order chi connectivity index (χ1) is 13.6. The molecule has 1 atom stereocenters. The molecule has 1 unspecified atom stereocenters. The van der Waals surface area contributed by atoms with Gasteiger partial charge in [0.15, 0.2) is 5.96 Å². The van der Waals surface area contributed by atoms with Gasteiger partial charge < -0.3 is 20.7 Å². The van der Waals surface area contributed by atoms with Crippen LogP contribution in [0, 0.1) is 6.92 Å². The Balaban J connectivity index is 1.43. The van der Waals surface area contributed by atoms with Crippen LogP contribution in [0.15, 0.2) is 47.6 Å². The Kier molecular flexibility index (Phi) is 6.84. The molecule has 7 nitrogen and oxygen atoms in total. The summed E-state index contributed by atoms with van der Waals surface area (Å²) < 4.78 is 5.92. The molecule has 28 heavy (non-hydrogen) atoms. The van der Waals surface area contributed by atoms with E-state index in [0.29, 0.717) is 31.3 Å². The van der Waals surface area contributed by atoms with Gasteiger partial charge in [0.2, 0.25) is 5.91 Å². The van der Waals surface area contributed by atoms with Gasteiger partial charge in [-0.15, -0.1) is 0 Å². The van der Waals surface area contributed by atoms with Crippen molar-refractivity contribution >= 4 is 17.7 Å². The number of aromatic nitrogens is 1. The van der Waals surface area contributed by atoms with Crippen LogP contribution in [0.5, 0.6) is 5.75 Å². The van der Waals surface area contributed by atoms with Crippen molar-refractivity contribution < 1.29 is 9.53 Å². The Bertz CT molecular complexity index is 795. The first-order valence-corrected chi connectivity index (χ1v) is 9.63. The summed E-state index contributed by atoms with van der Waals surface area (Å²) in [6.07, 6.45) is 2.97. The highest BCUT2D eigenvalue weighted by Gasteiger charge is 2.21. The number of pyridine rings is 1. The minimum absolute atomic E-state index is 0.0452. The maximum atomic E-state index is 12.1. The molecular weight excluding hydrogens is 354 g/mol. The van der Waals surface area contributed by atoms with E-state index < -0.39 is 0 Å². The highest BCUT2D eigenvalue weighted by molar-refractivity contribution is 5.90. The second-order valence-electron chi connectivity index (χ2n) is 6.72. The van der Waals surface area contributed by atoms with Gasteiger partial charge in [0.05, 0.1) is 6.54 Å². The quantitative estimate of drug-likeness (QED) is 0.506. The number of aryl methyl sites for hydroxylation is 1.